The van der Waals surface area contributed by atoms with Crippen molar-refractivity contribution < 1.29 is 19.4 Å². The normalized spacial score (nSPS) is 21.3. The van der Waals surface area contributed by atoms with Gasteiger partial charge in [-0.25, -0.2) is 0 Å². The summed E-state index contributed by atoms with van der Waals surface area (Å²) >= 11 is 0. The first kappa shape index (κ1) is 17.7. The Labute approximate surface area is 158 Å². The molecule has 5 nitrogen and oxygen atoms in total. The molecule has 2 heterocycles. The molecule has 0 spiro atoms. The summed E-state index contributed by atoms with van der Waals surface area (Å²) in [6.45, 7) is 1.73. The highest BCUT2D eigenvalue weighted by Crippen LogP contribution is 2.39. The van der Waals surface area contributed by atoms with Gasteiger partial charge in [-0.3, -0.25) is 9.59 Å². The molecule has 2 aromatic carbocycles. The first-order chi connectivity index (χ1) is 13.1. The van der Waals surface area contributed by atoms with Crippen molar-refractivity contribution in [1.29, 1.82) is 0 Å². The zero-order valence-corrected chi connectivity index (χ0v) is 15.1. The number of nitrogens with zero attached hydrogens (tertiary/aromatic N) is 1. The summed E-state index contributed by atoms with van der Waals surface area (Å²) in [5.74, 6) is -1.56. The minimum atomic E-state index is -0.888. The quantitative estimate of drug-likeness (QED) is 0.908. The van der Waals surface area contributed by atoms with Gasteiger partial charge in [0.25, 0.3) is 0 Å². The smallest absolute Gasteiger partial charge is 0.312 e. The number of carboxylic acids is 1. The van der Waals surface area contributed by atoms with Gasteiger partial charge in [0.15, 0.2) is 0 Å². The molecule has 2 aliphatic rings. The van der Waals surface area contributed by atoms with Gasteiger partial charge in [-0.15, -0.1) is 0 Å². The van der Waals surface area contributed by atoms with Crippen LogP contribution in [0.3, 0.4) is 0 Å². The molecular formula is C22H23NO4. The van der Waals surface area contributed by atoms with E-state index in [1.165, 1.54) is 0 Å². The second kappa shape index (κ2) is 7.16. The van der Waals surface area contributed by atoms with E-state index >= 15 is 0 Å². The van der Waals surface area contributed by atoms with Gasteiger partial charge in [0.2, 0.25) is 5.91 Å². The number of hydrogen-bond acceptors (Lipinski definition) is 3. The maximum atomic E-state index is 13.7. The van der Waals surface area contributed by atoms with Crippen molar-refractivity contribution in [1.82, 2.24) is 4.90 Å². The Kier molecular flexibility index (Phi) is 4.70. The number of rotatable bonds is 3. The van der Waals surface area contributed by atoms with Crippen LogP contribution in [0.1, 0.15) is 35.4 Å². The van der Waals surface area contributed by atoms with Crippen LogP contribution in [-0.4, -0.2) is 41.6 Å². The molecule has 1 N–H and O–H groups in total. The molecule has 27 heavy (non-hydrogen) atoms. The first-order valence-electron chi connectivity index (χ1n) is 9.35. The topological polar surface area (TPSA) is 66.8 Å². The number of aliphatic carboxylic acids is 1. The lowest BCUT2D eigenvalue weighted by Crippen LogP contribution is -2.52. The summed E-state index contributed by atoms with van der Waals surface area (Å²) < 4.78 is 5.53. The zero-order chi connectivity index (χ0) is 18.9. The summed E-state index contributed by atoms with van der Waals surface area (Å²) in [6, 6.07) is 17.4. The highest BCUT2D eigenvalue weighted by atomic mass is 16.5. The van der Waals surface area contributed by atoms with E-state index in [0.717, 1.165) is 16.7 Å². The third kappa shape index (κ3) is 3.12. The number of hydrogen-bond donors (Lipinski definition) is 1. The molecular weight excluding hydrogens is 342 g/mol. The molecule has 1 unspecified atom stereocenters. The molecule has 1 saturated heterocycles. The van der Waals surface area contributed by atoms with Crippen molar-refractivity contribution in [2.75, 3.05) is 19.8 Å². The fourth-order valence-corrected chi connectivity index (χ4v) is 4.38. The van der Waals surface area contributed by atoms with Crippen molar-refractivity contribution in [3.8, 4) is 0 Å². The average Bonchev–Trinajstić information content (AvgIpc) is 2.73. The van der Waals surface area contributed by atoms with Crippen molar-refractivity contribution in [2.45, 2.75) is 30.7 Å². The second-order valence-electron chi connectivity index (χ2n) is 7.34. The van der Waals surface area contributed by atoms with Crippen LogP contribution in [0.5, 0.6) is 0 Å². The van der Waals surface area contributed by atoms with Crippen LogP contribution in [0.15, 0.2) is 54.6 Å². The number of carbonyl (C=O) groups is 2. The SMILES string of the molecule is O=C(O)C1CN(C(=O)C2(c3ccccc3)CCOCC2)Cc2ccccc21. The third-order valence-corrected chi connectivity index (χ3v) is 5.86. The number of amides is 1. The molecule has 0 saturated carbocycles. The molecule has 2 aromatic rings. The molecule has 1 amide bonds. The first-order valence-corrected chi connectivity index (χ1v) is 9.35. The number of carbonyl (C=O) groups excluding carboxylic acids is 1. The average molecular weight is 365 g/mol. The predicted molar refractivity (Wildman–Crippen MR) is 100 cm³/mol. The number of fused-ring (bicyclic) bond motifs is 1. The Balaban J connectivity index is 1.71. The zero-order valence-electron chi connectivity index (χ0n) is 15.1. The van der Waals surface area contributed by atoms with Crippen molar-refractivity contribution in [3.63, 3.8) is 0 Å². The van der Waals surface area contributed by atoms with E-state index in [4.69, 9.17) is 4.74 Å². The molecule has 1 atom stereocenters. The maximum absolute atomic E-state index is 13.7. The minimum absolute atomic E-state index is 0.0118. The van der Waals surface area contributed by atoms with Gasteiger partial charge in [-0.1, -0.05) is 54.6 Å². The van der Waals surface area contributed by atoms with Crippen LogP contribution in [-0.2, 0) is 26.3 Å². The van der Waals surface area contributed by atoms with E-state index in [0.29, 0.717) is 32.6 Å². The predicted octanol–water partition coefficient (Wildman–Crippen LogP) is 2.95. The van der Waals surface area contributed by atoms with Crippen molar-refractivity contribution in [3.05, 3.63) is 71.3 Å². The van der Waals surface area contributed by atoms with Gasteiger partial charge >= 0.3 is 5.97 Å². The van der Waals surface area contributed by atoms with Gasteiger partial charge in [-0.2, -0.15) is 0 Å². The van der Waals surface area contributed by atoms with Crippen LogP contribution < -0.4 is 0 Å². The Morgan fingerprint density at radius 3 is 2.37 bits per heavy atom. The van der Waals surface area contributed by atoms with Crippen LogP contribution in [0.25, 0.3) is 0 Å². The summed E-state index contributed by atoms with van der Waals surface area (Å²) in [5, 5.41) is 9.72. The molecule has 2 aliphatic heterocycles. The third-order valence-electron chi connectivity index (χ3n) is 5.86. The molecule has 4 rings (SSSR count). The largest absolute Gasteiger partial charge is 0.481 e. The summed E-state index contributed by atoms with van der Waals surface area (Å²) in [4.78, 5) is 27.3. The van der Waals surface area contributed by atoms with E-state index in [-0.39, 0.29) is 12.5 Å². The van der Waals surface area contributed by atoms with Crippen LogP contribution in [0, 0.1) is 0 Å². The van der Waals surface area contributed by atoms with Gasteiger partial charge in [0.1, 0.15) is 0 Å². The molecule has 140 valence electrons. The maximum Gasteiger partial charge on any atom is 0.312 e. The molecule has 5 heteroatoms. The lowest BCUT2D eigenvalue weighted by atomic mass is 9.72. The van der Waals surface area contributed by atoms with E-state index < -0.39 is 17.3 Å². The van der Waals surface area contributed by atoms with Gasteiger partial charge < -0.3 is 14.7 Å². The fraction of sp³-hybridized carbons (Fsp3) is 0.364. The van der Waals surface area contributed by atoms with Gasteiger partial charge in [0.05, 0.1) is 11.3 Å². The monoisotopic (exact) mass is 365 g/mol. The van der Waals surface area contributed by atoms with E-state index in [1.807, 2.05) is 54.6 Å². The Morgan fingerprint density at radius 2 is 1.67 bits per heavy atom. The summed E-state index contributed by atoms with van der Waals surface area (Å²) in [7, 11) is 0. The number of ether oxygens (including phenoxy) is 1. The number of benzene rings is 2. The van der Waals surface area contributed by atoms with E-state index in [2.05, 4.69) is 0 Å². The number of carboxylic acid groups (broad SMARTS) is 1. The van der Waals surface area contributed by atoms with E-state index in [9.17, 15) is 14.7 Å². The Hall–Kier alpha value is -2.66. The molecule has 0 aromatic heterocycles. The van der Waals surface area contributed by atoms with Crippen molar-refractivity contribution >= 4 is 11.9 Å². The molecule has 0 radical (unpaired) electrons. The van der Waals surface area contributed by atoms with Crippen molar-refractivity contribution in [2.24, 2.45) is 0 Å². The van der Waals surface area contributed by atoms with Crippen LogP contribution in [0.4, 0.5) is 0 Å². The van der Waals surface area contributed by atoms with Gasteiger partial charge in [-0.05, 0) is 29.5 Å². The van der Waals surface area contributed by atoms with E-state index in [1.54, 1.807) is 4.90 Å². The molecule has 0 bridgehead atoms. The fourth-order valence-electron chi connectivity index (χ4n) is 4.38. The van der Waals surface area contributed by atoms with Crippen LogP contribution in [0.2, 0.25) is 0 Å². The lowest BCUT2D eigenvalue weighted by molar-refractivity contribution is -0.146. The standard InChI is InChI=1S/C22H23NO4/c24-20(25)19-15-23(14-16-6-4-5-9-18(16)19)21(26)22(10-12-27-13-11-22)17-7-2-1-3-8-17/h1-9,19H,10-15H2,(H,24,25). The highest BCUT2D eigenvalue weighted by molar-refractivity contribution is 5.90. The highest BCUT2D eigenvalue weighted by Gasteiger charge is 2.46. The minimum Gasteiger partial charge on any atom is -0.481 e. The Bertz CT molecular complexity index is 842. The van der Waals surface area contributed by atoms with Gasteiger partial charge in [0, 0.05) is 26.3 Å². The lowest BCUT2D eigenvalue weighted by Gasteiger charge is -2.42. The molecule has 1 fully saturated rings. The second-order valence-corrected chi connectivity index (χ2v) is 7.34. The summed E-state index contributed by atoms with van der Waals surface area (Å²) in [6.07, 6.45) is 1.23. The Morgan fingerprint density at radius 1 is 1.00 bits per heavy atom. The summed E-state index contributed by atoms with van der Waals surface area (Å²) in [5.41, 5.74) is 2.08. The van der Waals surface area contributed by atoms with Crippen LogP contribution >= 0.6 is 0 Å². The molecule has 0 aliphatic carbocycles.